The number of aromatic nitrogens is 2. The first kappa shape index (κ1) is 20.8. The number of carbonyl (C=O) groups is 2. The van der Waals surface area contributed by atoms with Crippen molar-refractivity contribution in [1.82, 2.24) is 9.13 Å². The third-order valence-corrected chi connectivity index (χ3v) is 5.37. The van der Waals surface area contributed by atoms with E-state index in [1.807, 2.05) is 0 Å². The number of nitrogens with zero attached hydrogens (tertiary/aromatic N) is 2. The summed E-state index contributed by atoms with van der Waals surface area (Å²) in [5.41, 5.74) is -0.436. The van der Waals surface area contributed by atoms with Crippen LogP contribution >= 0.6 is 23.2 Å². The quantitative estimate of drug-likeness (QED) is 0.416. The Kier molecular flexibility index (Phi) is 5.39. The van der Waals surface area contributed by atoms with Crippen molar-refractivity contribution in [3.63, 3.8) is 0 Å². The highest BCUT2D eigenvalue weighted by molar-refractivity contribution is 6.39. The van der Waals surface area contributed by atoms with Crippen molar-refractivity contribution in [2.24, 2.45) is 0 Å². The number of ether oxygens (including phenoxy) is 1. The van der Waals surface area contributed by atoms with Crippen molar-refractivity contribution in [2.45, 2.75) is 0 Å². The maximum absolute atomic E-state index is 14.8. The van der Waals surface area contributed by atoms with E-state index in [2.05, 4.69) is 4.74 Å². The molecule has 4 rings (SSSR count). The Morgan fingerprint density at radius 2 is 1.55 bits per heavy atom. The summed E-state index contributed by atoms with van der Waals surface area (Å²) >= 11 is 12.3. The summed E-state index contributed by atoms with van der Waals surface area (Å²) in [6.45, 7) is 0. The number of fused-ring (bicyclic) bond motifs is 1. The van der Waals surface area contributed by atoms with Crippen molar-refractivity contribution in [3.8, 4) is 5.69 Å². The van der Waals surface area contributed by atoms with E-state index in [0.717, 1.165) is 9.13 Å². The second-order valence-electron chi connectivity index (χ2n) is 6.50. The zero-order valence-electron chi connectivity index (χ0n) is 15.9. The van der Waals surface area contributed by atoms with Gasteiger partial charge in [-0.05, 0) is 48.5 Å². The fourth-order valence-corrected chi connectivity index (χ4v) is 3.88. The molecule has 3 aromatic carbocycles. The van der Waals surface area contributed by atoms with E-state index in [1.54, 1.807) is 6.07 Å². The number of carbonyl (C=O) groups excluding carboxylic acids is 2. The molecule has 0 spiro atoms. The van der Waals surface area contributed by atoms with Gasteiger partial charge in [0.2, 0.25) is 0 Å². The number of esters is 1. The lowest BCUT2D eigenvalue weighted by Gasteiger charge is -2.06. The summed E-state index contributed by atoms with van der Waals surface area (Å²) in [4.78, 5) is 38.3. The van der Waals surface area contributed by atoms with Crippen LogP contribution in [0.15, 0.2) is 65.5 Å². The average Bonchev–Trinajstić information content (AvgIpc) is 3.06. The second kappa shape index (κ2) is 8.02. The van der Waals surface area contributed by atoms with Gasteiger partial charge in [0.15, 0.2) is 0 Å². The molecule has 1 heterocycles. The summed E-state index contributed by atoms with van der Waals surface area (Å²) in [5.74, 6) is -2.05. The molecule has 0 unspecified atom stereocenters. The first-order valence-electron chi connectivity index (χ1n) is 8.94. The van der Waals surface area contributed by atoms with E-state index in [4.69, 9.17) is 23.2 Å². The van der Waals surface area contributed by atoms with Gasteiger partial charge < -0.3 is 4.74 Å². The number of hydrogen-bond donors (Lipinski definition) is 0. The van der Waals surface area contributed by atoms with Crippen LogP contribution in [0, 0.1) is 5.82 Å². The highest BCUT2D eigenvalue weighted by Gasteiger charge is 2.25. The molecule has 0 atom stereocenters. The van der Waals surface area contributed by atoms with Gasteiger partial charge in [-0.1, -0.05) is 35.3 Å². The molecule has 0 saturated heterocycles. The molecule has 0 amide bonds. The summed E-state index contributed by atoms with van der Waals surface area (Å²) < 4.78 is 21.3. The van der Waals surface area contributed by atoms with Crippen LogP contribution in [0.25, 0.3) is 16.7 Å². The highest BCUT2D eigenvalue weighted by Crippen LogP contribution is 2.27. The largest absolute Gasteiger partial charge is 0.465 e. The molecule has 0 fully saturated rings. The predicted octanol–water partition coefficient (Wildman–Crippen LogP) is 4.71. The molecule has 0 aliphatic rings. The van der Waals surface area contributed by atoms with E-state index in [1.165, 1.54) is 61.7 Å². The summed E-state index contributed by atoms with van der Waals surface area (Å²) in [6, 6.07) is 14.3. The van der Waals surface area contributed by atoms with E-state index < -0.39 is 23.4 Å². The van der Waals surface area contributed by atoms with Gasteiger partial charge >= 0.3 is 11.7 Å². The average molecular weight is 459 g/mol. The monoisotopic (exact) mass is 458 g/mol. The molecule has 4 aromatic rings. The number of imidazole rings is 1. The Morgan fingerprint density at radius 1 is 0.935 bits per heavy atom. The normalized spacial score (nSPS) is 11.0. The van der Waals surface area contributed by atoms with Gasteiger partial charge in [0.25, 0.3) is 5.91 Å². The smallest absolute Gasteiger partial charge is 0.340 e. The van der Waals surface area contributed by atoms with Gasteiger partial charge in [-0.3, -0.25) is 9.36 Å². The maximum atomic E-state index is 14.8. The zero-order chi connectivity index (χ0) is 22.3. The molecular formula is C22H13Cl2FN2O4. The fourth-order valence-electron chi connectivity index (χ4n) is 3.32. The van der Waals surface area contributed by atoms with Crippen LogP contribution in [0.5, 0.6) is 0 Å². The number of para-hydroxylation sites is 1. The van der Waals surface area contributed by atoms with Gasteiger partial charge in [0.1, 0.15) is 11.3 Å². The number of benzene rings is 3. The van der Waals surface area contributed by atoms with Crippen LogP contribution in [0.4, 0.5) is 4.39 Å². The second-order valence-corrected chi connectivity index (χ2v) is 7.32. The summed E-state index contributed by atoms with van der Waals surface area (Å²) in [6.07, 6.45) is 0. The fraction of sp³-hybridized carbons (Fsp3) is 0.0455. The van der Waals surface area contributed by atoms with Crippen molar-refractivity contribution in [2.75, 3.05) is 7.11 Å². The van der Waals surface area contributed by atoms with Crippen LogP contribution in [-0.2, 0) is 4.74 Å². The molecule has 31 heavy (non-hydrogen) atoms. The first-order valence-corrected chi connectivity index (χ1v) is 9.70. The Hall–Kier alpha value is -3.42. The van der Waals surface area contributed by atoms with E-state index in [0.29, 0.717) is 0 Å². The Balaban J connectivity index is 1.99. The zero-order valence-corrected chi connectivity index (χ0v) is 17.4. The molecule has 0 radical (unpaired) electrons. The Bertz CT molecular complexity index is 1390. The van der Waals surface area contributed by atoms with E-state index in [-0.39, 0.29) is 37.9 Å². The lowest BCUT2D eigenvalue weighted by Crippen LogP contribution is -2.29. The minimum Gasteiger partial charge on any atom is -0.465 e. The van der Waals surface area contributed by atoms with Gasteiger partial charge in [-0.15, -0.1) is 0 Å². The van der Waals surface area contributed by atoms with Crippen LogP contribution in [0.3, 0.4) is 0 Å². The molecule has 0 saturated carbocycles. The Morgan fingerprint density at radius 3 is 2.16 bits per heavy atom. The number of hydrogen-bond acceptors (Lipinski definition) is 4. The molecule has 0 aliphatic heterocycles. The highest BCUT2D eigenvalue weighted by atomic mass is 35.5. The summed E-state index contributed by atoms with van der Waals surface area (Å²) in [7, 11) is 1.25. The van der Waals surface area contributed by atoms with Crippen molar-refractivity contribution < 1.29 is 18.7 Å². The molecule has 0 bridgehead atoms. The van der Waals surface area contributed by atoms with Crippen LogP contribution in [-0.4, -0.2) is 28.1 Å². The van der Waals surface area contributed by atoms with Crippen molar-refractivity contribution in [3.05, 3.63) is 98.1 Å². The Labute approximate surface area is 185 Å². The SMILES string of the molecule is COC(=O)c1ccc(-n2c(=O)n(C(=O)c3c(Cl)cccc3Cl)c3cccc(F)c32)cc1. The third kappa shape index (κ3) is 3.41. The molecule has 9 heteroatoms. The van der Waals surface area contributed by atoms with Gasteiger partial charge in [0, 0.05) is 0 Å². The van der Waals surface area contributed by atoms with Crippen LogP contribution in [0.2, 0.25) is 10.0 Å². The van der Waals surface area contributed by atoms with Crippen LogP contribution in [0.1, 0.15) is 20.7 Å². The maximum Gasteiger partial charge on any atom is 0.340 e. The summed E-state index contributed by atoms with van der Waals surface area (Å²) in [5, 5.41) is 0.119. The lowest BCUT2D eigenvalue weighted by molar-refractivity contribution is 0.0600. The first-order chi connectivity index (χ1) is 14.8. The molecule has 156 valence electrons. The predicted molar refractivity (Wildman–Crippen MR) is 115 cm³/mol. The number of halogens is 3. The third-order valence-electron chi connectivity index (χ3n) is 4.74. The topological polar surface area (TPSA) is 70.3 Å². The molecule has 0 aliphatic carbocycles. The molecule has 6 nitrogen and oxygen atoms in total. The van der Waals surface area contributed by atoms with Gasteiger partial charge in [-0.25, -0.2) is 18.5 Å². The minimum atomic E-state index is -0.813. The lowest BCUT2D eigenvalue weighted by atomic mass is 10.2. The van der Waals surface area contributed by atoms with E-state index in [9.17, 15) is 18.8 Å². The number of rotatable bonds is 3. The molecule has 0 N–H and O–H groups in total. The van der Waals surface area contributed by atoms with E-state index >= 15 is 0 Å². The van der Waals surface area contributed by atoms with Crippen molar-refractivity contribution >= 4 is 46.1 Å². The number of methoxy groups -OCH3 is 1. The van der Waals surface area contributed by atoms with Crippen molar-refractivity contribution in [1.29, 1.82) is 0 Å². The minimum absolute atomic E-state index is 0.0445. The molecule has 1 aromatic heterocycles. The van der Waals surface area contributed by atoms with Gasteiger partial charge in [-0.2, -0.15) is 0 Å². The molecular weight excluding hydrogens is 446 g/mol. The van der Waals surface area contributed by atoms with Gasteiger partial charge in [0.05, 0.1) is 39.5 Å². The standard InChI is InChI=1S/C22H13Cl2FN2O4/c1-31-21(29)12-8-10-13(11-9-12)26-19-16(25)6-3-7-17(19)27(22(26)30)20(28)18-14(23)4-2-5-15(18)24/h2-11H,1H3. The van der Waals surface area contributed by atoms with Crippen LogP contribution < -0.4 is 5.69 Å².